The number of hydrogen-bond donors (Lipinski definition) is 0. The highest BCUT2D eigenvalue weighted by Gasteiger charge is 2.35. The standard InChI is InChI=1S/C14H26O3/c1-4-6-8-10-13-12(9-7-5-2)16-11(3)14(15)17-13/h11-13H,4-10H2,1-3H3. The average Bonchev–Trinajstić information content (AvgIpc) is 2.32. The molecule has 0 bridgehead atoms. The molecule has 0 aliphatic carbocycles. The van der Waals surface area contributed by atoms with Crippen molar-refractivity contribution in [1.29, 1.82) is 0 Å². The normalized spacial score (nSPS) is 29.1. The van der Waals surface area contributed by atoms with Gasteiger partial charge in [0.25, 0.3) is 0 Å². The van der Waals surface area contributed by atoms with Crippen LogP contribution in [0, 0.1) is 0 Å². The topological polar surface area (TPSA) is 35.5 Å². The monoisotopic (exact) mass is 242 g/mol. The summed E-state index contributed by atoms with van der Waals surface area (Å²) in [6, 6.07) is 0. The number of unbranched alkanes of at least 4 members (excludes halogenated alkanes) is 3. The molecule has 17 heavy (non-hydrogen) atoms. The third-order valence-corrected chi connectivity index (χ3v) is 3.33. The number of carbonyl (C=O) groups excluding carboxylic acids is 1. The van der Waals surface area contributed by atoms with Crippen molar-refractivity contribution in [2.75, 3.05) is 0 Å². The van der Waals surface area contributed by atoms with Gasteiger partial charge >= 0.3 is 5.97 Å². The van der Waals surface area contributed by atoms with Gasteiger partial charge < -0.3 is 9.47 Å². The molecule has 1 aliphatic heterocycles. The molecule has 0 saturated carbocycles. The van der Waals surface area contributed by atoms with Gasteiger partial charge in [-0.3, -0.25) is 0 Å². The van der Waals surface area contributed by atoms with Crippen LogP contribution in [0.5, 0.6) is 0 Å². The van der Waals surface area contributed by atoms with E-state index < -0.39 is 0 Å². The highest BCUT2D eigenvalue weighted by Crippen LogP contribution is 2.24. The van der Waals surface area contributed by atoms with E-state index in [9.17, 15) is 4.79 Å². The molecule has 1 fully saturated rings. The summed E-state index contributed by atoms with van der Waals surface area (Å²) in [6.07, 6.45) is 7.46. The van der Waals surface area contributed by atoms with Crippen molar-refractivity contribution in [3.63, 3.8) is 0 Å². The summed E-state index contributed by atoms with van der Waals surface area (Å²) < 4.78 is 11.3. The number of esters is 1. The second-order valence-electron chi connectivity index (χ2n) is 4.93. The van der Waals surface area contributed by atoms with Crippen molar-refractivity contribution >= 4 is 5.97 Å². The van der Waals surface area contributed by atoms with Crippen LogP contribution < -0.4 is 0 Å². The molecule has 0 aromatic carbocycles. The number of ether oxygens (including phenoxy) is 2. The zero-order chi connectivity index (χ0) is 12.7. The third kappa shape index (κ3) is 4.66. The van der Waals surface area contributed by atoms with Gasteiger partial charge in [0.2, 0.25) is 0 Å². The van der Waals surface area contributed by atoms with Crippen LogP contribution in [0.2, 0.25) is 0 Å². The van der Waals surface area contributed by atoms with Gasteiger partial charge in [-0.25, -0.2) is 4.79 Å². The van der Waals surface area contributed by atoms with E-state index in [1.165, 1.54) is 12.8 Å². The van der Waals surface area contributed by atoms with Gasteiger partial charge in [0.05, 0.1) is 6.10 Å². The lowest BCUT2D eigenvalue weighted by atomic mass is 10.00. The van der Waals surface area contributed by atoms with E-state index >= 15 is 0 Å². The third-order valence-electron chi connectivity index (χ3n) is 3.33. The predicted molar refractivity (Wildman–Crippen MR) is 67.9 cm³/mol. The van der Waals surface area contributed by atoms with Gasteiger partial charge in [-0.2, -0.15) is 0 Å². The fourth-order valence-electron chi connectivity index (χ4n) is 2.23. The molecular formula is C14H26O3. The van der Waals surface area contributed by atoms with Crippen LogP contribution in [-0.4, -0.2) is 24.3 Å². The summed E-state index contributed by atoms with van der Waals surface area (Å²) in [5.74, 6) is -0.195. The second-order valence-corrected chi connectivity index (χ2v) is 4.93. The predicted octanol–water partition coefficient (Wildman–Crippen LogP) is 3.46. The summed E-state index contributed by atoms with van der Waals surface area (Å²) in [6.45, 7) is 6.13. The Kier molecular flexibility index (Phi) is 6.56. The highest BCUT2D eigenvalue weighted by molar-refractivity contribution is 5.75. The Balaban J connectivity index is 2.45. The van der Waals surface area contributed by atoms with E-state index in [0.29, 0.717) is 0 Å². The van der Waals surface area contributed by atoms with Crippen molar-refractivity contribution in [3.8, 4) is 0 Å². The average molecular weight is 242 g/mol. The molecule has 1 rings (SSSR count). The van der Waals surface area contributed by atoms with Gasteiger partial charge in [0, 0.05) is 0 Å². The van der Waals surface area contributed by atoms with Crippen LogP contribution in [0.25, 0.3) is 0 Å². The fraction of sp³-hybridized carbons (Fsp3) is 0.929. The minimum atomic E-state index is -0.390. The maximum absolute atomic E-state index is 11.5. The number of cyclic esters (lactones) is 1. The molecule has 3 nitrogen and oxygen atoms in total. The molecule has 3 unspecified atom stereocenters. The second kappa shape index (κ2) is 7.70. The molecule has 1 heterocycles. The Hall–Kier alpha value is -0.570. The van der Waals surface area contributed by atoms with E-state index in [1.807, 2.05) is 0 Å². The van der Waals surface area contributed by atoms with E-state index in [2.05, 4.69) is 13.8 Å². The quantitative estimate of drug-likeness (QED) is 0.506. The number of rotatable bonds is 7. The van der Waals surface area contributed by atoms with Crippen LogP contribution in [0.3, 0.4) is 0 Å². The summed E-state index contributed by atoms with van der Waals surface area (Å²) in [7, 11) is 0. The molecule has 0 aromatic rings. The van der Waals surface area contributed by atoms with E-state index in [4.69, 9.17) is 9.47 Å². The maximum atomic E-state index is 11.5. The van der Waals surface area contributed by atoms with E-state index in [-0.39, 0.29) is 24.3 Å². The molecule has 0 radical (unpaired) electrons. The Labute approximate surface area is 105 Å². The molecule has 100 valence electrons. The minimum Gasteiger partial charge on any atom is -0.458 e. The first-order valence-electron chi connectivity index (χ1n) is 7.05. The van der Waals surface area contributed by atoms with Crippen molar-refractivity contribution in [3.05, 3.63) is 0 Å². The number of carbonyl (C=O) groups is 1. The van der Waals surface area contributed by atoms with Gasteiger partial charge in [0.1, 0.15) is 6.10 Å². The smallest absolute Gasteiger partial charge is 0.335 e. The van der Waals surface area contributed by atoms with Crippen LogP contribution in [0.4, 0.5) is 0 Å². The van der Waals surface area contributed by atoms with Crippen LogP contribution in [0.15, 0.2) is 0 Å². The zero-order valence-corrected chi connectivity index (χ0v) is 11.4. The van der Waals surface area contributed by atoms with Crippen LogP contribution >= 0.6 is 0 Å². The first kappa shape index (κ1) is 14.5. The maximum Gasteiger partial charge on any atom is 0.335 e. The first-order chi connectivity index (χ1) is 8.19. The van der Waals surface area contributed by atoms with Crippen LogP contribution in [0.1, 0.15) is 65.7 Å². The largest absolute Gasteiger partial charge is 0.458 e. The summed E-state index contributed by atoms with van der Waals surface area (Å²) in [5, 5.41) is 0. The molecular weight excluding hydrogens is 216 g/mol. The van der Waals surface area contributed by atoms with Crippen molar-refractivity contribution in [2.24, 2.45) is 0 Å². The van der Waals surface area contributed by atoms with Crippen LogP contribution in [-0.2, 0) is 14.3 Å². The molecule has 3 heteroatoms. The Morgan fingerprint density at radius 1 is 1.00 bits per heavy atom. The highest BCUT2D eigenvalue weighted by atomic mass is 16.6. The molecule has 0 N–H and O–H groups in total. The molecule has 0 amide bonds. The number of hydrogen-bond acceptors (Lipinski definition) is 3. The summed E-state index contributed by atoms with van der Waals surface area (Å²) >= 11 is 0. The van der Waals surface area contributed by atoms with Crippen molar-refractivity contribution in [2.45, 2.75) is 84.0 Å². The summed E-state index contributed by atoms with van der Waals surface area (Å²) in [4.78, 5) is 11.5. The van der Waals surface area contributed by atoms with Gasteiger partial charge in [-0.05, 0) is 26.2 Å². The van der Waals surface area contributed by atoms with E-state index in [1.54, 1.807) is 6.92 Å². The Morgan fingerprint density at radius 3 is 2.29 bits per heavy atom. The first-order valence-corrected chi connectivity index (χ1v) is 7.05. The Morgan fingerprint density at radius 2 is 1.65 bits per heavy atom. The molecule has 1 saturated heterocycles. The molecule has 3 atom stereocenters. The van der Waals surface area contributed by atoms with Gasteiger partial charge in [-0.1, -0.05) is 39.5 Å². The zero-order valence-electron chi connectivity index (χ0n) is 11.4. The van der Waals surface area contributed by atoms with Gasteiger partial charge in [-0.15, -0.1) is 0 Å². The fourth-order valence-corrected chi connectivity index (χ4v) is 2.23. The molecule has 0 aromatic heterocycles. The molecule has 0 spiro atoms. The summed E-state index contributed by atoms with van der Waals surface area (Å²) in [5.41, 5.74) is 0. The Bertz CT molecular complexity index is 228. The minimum absolute atomic E-state index is 0.0169. The lowest BCUT2D eigenvalue weighted by molar-refractivity contribution is -0.199. The SMILES string of the molecule is CCCCCC1OC(=O)C(C)OC1CCCC. The van der Waals surface area contributed by atoms with Crippen molar-refractivity contribution in [1.82, 2.24) is 0 Å². The molecule has 1 aliphatic rings. The van der Waals surface area contributed by atoms with Crippen molar-refractivity contribution < 1.29 is 14.3 Å². The van der Waals surface area contributed by atoms with E-state index in [0.717, 1.165) is 32.1 Å². The lowest BCUT2D eigenvalue weighted by Crippen LogP contribution is -2.45. The lowest BCUT2D eigenvalue weighted by Gasteiger charge is -2.34. The van der Waals surface area contributed by atoms with Gasteiger partial charge in [0.15, 0.2) is 6.10 Å².